The van der Waals surface area contributed by atoms with Crippen molar-refractivity contribution in [1.29, 1.82) is 0 Å². The Balaban J connectivity index is 1.73. The second-order valence-electron chi connectivity index (χ2n) is 9.02. The maximum Gasteiger partial charge on any atom is 0.118 e. The van der Waals surface area contributed by atoms with Crippen molar-refractivity contribution in [2.75, 3.05) is 38.0 Å². The zero-order valence-corrected chi connectivity index (χ0v) is 19.6. The monoisotopic (exact) mass is 426 g/mol. The van der Waals surface area contributed by atoms with Crippen LogP contribution in [-0.2, 0) is 0 Å². The van der Waals surface area contributed by atoms with Gasteiger partial charge in [-0.05, 0) is 61.4 Å². The van der Waals surface area contributed by atoms with Gasteiger partial charge < -0.3 is 24.2 Å². The summed E-state index contributed by atoms with van der Waals surface area (Å²) in [6.45, 7) is 4.39. The molecule has 0 saturated carbocycles. The van der Waals surface area contributed by atoms with Crippen LogP contribution in [-0.4, -0.2) is 38.2 Å². The summed E-state index contributed by atoms with van der Waals surface area (Å²) in [6, 6.07) is 17.2. The number of rotatable bonds is 5. The van der Waals surface area contributed by atoms with E-state index in [0.29, 0.717) is 0 Å². The first kappa shape index (κ1) is 20.3. The molecule has 5 heteroatoms. The number of benzene rings is 2. The molecule has 0 fully saturated rings. The highest BCUT2D eigenvalue weighted by Gasteiger charge is 2.28. The standard InChI is InChI=1S/C27H30N4O/c1-16-20-11-9-18(30(3)4)14-22(20)28-26(16)25(24-8-7-13-32-24)27-17(2)21-12-10-19(31(5)6)15-23(21)29-27/h7-15,25,28-29H,1-6H3. The lowest BCUT2D eigenvalue weighted by Gasteiger charge is -2.15. The van der Waals surface area contributed by atoms with Crippen LogP contribution in [0, 0.1) is 13.8 Å². The van der Waals surface area contributed by atoms with Crippen molar-refractivity contribution < 1.29 is 4.42 Å². The maximum absolute atomic E-state index is 5.97. The molecule has 0 bridgehead atoms. The molecular weight excluding hydrogens is 396 g/mol. The molecule has 0 aliphatic carbocycles. The third kappa shape index (κ3) is 3.16. The highest BCUT2D eigenvalue weighted by molar-refractivity contribution is 5.90. The number of nitrogens with zero attached hydrogens (tertiary/aromatic N) is 2. The fourth-order valence-electron chi connectivity index (χ4n) is 4.71. The summed E-state index contributed by atoms with van der Waals surface area (Å²) in [7, 11) is 8.28. The van der Waals surface area contributed by atoms with E-state index in [1.165, 1.54) is 33.3 Å². The van der Waals surface area contributed by atoms with E-state index in [2.05, 4.69) is 104 Å². The van der Waals surface area contributed by atoms with Gasteiger partial charge in [0.15, 0.2) is 0 Å². The van der Waals surface area contributed by atoms with Crippen molar-refractivity contribution in [1.82, 2.24) is 9.97 Å². The van der Waals surface area contributed by atoms with E-state index in [1.54, 1.807) is 6.26 Å². The molecule has 0 aliphatic rings. The average molecular weight is 427 g/mol. The Hall–Kier alpha value is -3.60. The summed E-state index contributed by atoms with van der Waals surface area (Å²) in [5.41, 5.74) is 9.46. The molecule has 5 nitrogen and oxygen atoms in total. The maximum atomic E-state index is 5.97. The van der Waals surface area contributed by atoms with Crippen molar-refractivity contribution in [2.24, 2.45) is 0 Å². The third-order valence-electron chi connectivity index (χ3n) is 6.60. The fourth-order valence-corrected chi connectivity index (χ4v) is 4.71. The molecule has 0 aliphatic heterocycles. The van der Waals surface area contributed by atoms with Gasteiger partial charge in [-0.25, -0.2) is 0 Å². The smallest absolute Gasteiger partial charge is 0.118 e. The largest absolute Gasteiger partial charge is 0.468 e. The molecule has 32 heavy (non-hydrogen) atoms. The Bertz CT molecular complexity index is 1310. The number of hydrogen-bond acceptors (Lipinski definition) is 3. The summed E-state index contributed by atoms with van der Waals surface area (Å²) in [6.07, 6.45) is 1.76. The Morgan fingerprint density at radius 1 is 0.719 bits per heavy atom. The predicted molar refractivity (Wildman–Crippen MR) is 134 cm³/mol. The number of fused-ring (bicyclic) bond motifs is 2. The van der Waals surface area contributed by atoms with E-state index in [-0.39, 0.29) is 5.92 Å². The Morgan fingerprint density at radius 3 is 1.62 bits per heavy atom. The number of hydrogen-bond donors (Lipinski definition) is 2. The van der Waals surface area contributed by atoms with Crippen LogP contribution < -0.4 is 9.80 Å². The third-order valence-corrected chi connectivity index (χ3v) is 6.60. The van der Waals surface area contributed by atoms with E-state index in [0.717, 1.165) is 28.2 Å². The molecule has 3 aromatic heterocycles. The number of aryl methyl sites for hydroxylation is 2. The first-order valence-electron chi connectivity index (χ1n) is 11.0. The van der Waals surface area contributed by atoms with Crippen LogP contribution in [0.15, 0.2) is 59.2 Å². The van der Waals surface area contributed by atoms with E-state index >= 15 is 0 Å². The van der Waals surface area contributed by atoms with Crippen molar-refractivity contribution in [3.8, 4) is 0 Å². The van der Waals surface area contributed by atoms with Gasteiger partial charge in [0.2, 0.25) is 0 Å². The quantitative estimate of drug-likeness (QED) is 0.353. The summed E-state index contributed by atoms with van der Waals surface area (Å²) in [5.74, 6) is 0.880. The first-order valence-corrected chi connectivity index (χ1v) is 11.0. The van der Waals surface area contributed by atoms with Gasteiger partial charge in [0.1, 0.15) is 5.76 Å². The molecule has 0 atom stereocenters. The normalized spacial score (nSPS) is 11.7. The number of H-pyrrole nitrogens is 2. The van der Waals surface area contributed by atoms with Gasteiger partial charge in [0, 0.05) is 72.8 Å². The van der Waals surface area contributed by atoms with Gasteiger partial charge in [-0.1, -0.05) is 12.1 Å². The molecule has 0 amide bonds. The number of aromatic nitrogens is 2. The summed E-state index contributed by atoms with van der Waals surface area (Å²) >= 11 is 0. The van der Waals surface area contributed by atoms with Gasteiger partial charge in [-0.2, -0.15) is 0 Å². The van der Waals surface area contributed by atoms with Crippen molar-refractivity contribution in [3.63, 3.8) is 0 Å². The lowest BCUT2D eigenvalue weighted by molar-refractivity contribution is 0.498. The summed E-state index contributed by atoms with van der Waals surface area (Å²) < 4.78 is 5.97. The highest BCUT2D eigenvalue weighted by atomic mass is 16.3. The second kappa shape index (κ2) is 7.52. The van der Waals surface area contributed by atoms with Crippen LogP contribution in [0.3, 0.4) is 0 Å². The lowest BCUT2D eigenvalue weighted by Crippen LogP contribution is -2.08. The van der Waals surface area contributed by atoms with E-state index in [4.69, 9.17) is 4.42 Å². The van der Waals surface area contributed by atoms with Crippen molar-refractivity contribution in [2.45, 2.75) is 19.8 Å². The lowest BCUT2D eigenvalue weighted by atomic mass is 9.92. The van der Waals surface area contributed by atoms with E-state index < -0.39 is 0 Å². The summed E-state index contributed by atoms with van der Waals surface area (Å²) in [4.78, 5) is 11.7. The molecule has 0 spiro atoms. The summed E-state index contributed by atoms with van der Waals surface area (Å²) in [5, 5.41) is 2.48. The number of anilines is 2. The molecule has 164 valence electrons. The Morgan fingerprint density at radius 2 is 1.22 bits per heavy atom. The van der Waals surface area contributed by atoms with E-state index in [1.807, 2.05) is 6.07 Å². The minimum absolute atomic E-state index is 0.0459. The SMILES string of the molecule is Cc1c(C(c2ccco2)c2[nH]c3cc(N(C)C)ccc3c2C)[nH]c2cc(N(C)C)ccc12. The molecule has 0 unspecified atom stereocenters. The molecular formula is C27H30N4O. The Kier molecular flexibility index (Phi) is 4.77. The zero-order chi connectivity index (χ0) is 22.6. The molecule has 2 N–H and O–H groups in total. The minimum Gasteiger partial charge on any atom is -0.468 e. The van der Waals surface area contributed by atoms with Crippen LogP contribution in [0.2, 0.25) is 0 Å². The molecule has 2 aromatic carbocycles. The molecule has 0 radical (unpaired) electrons. The van der Waals surface area contributed by atoms with Crippen molar-refractivity contribution >= 4 is 33.2 Å². The van der Waals surface area contributed by atoms with Gasteiger partial charge in [0.05, 0.1) is 12.2 Å². The number of nitrogens with one attached hydrogen (secondary N) is 2. The van der Waals surface area contributed by atoms with Crippen LogP contribution in [0.1, 0.15) is 34.2 Å². The zero-order valence-electron chi connectivity index (χ0n) is 19.6. The molecule has 0 saturated heterocycles. The van der Waals surface area contributed by atoms with Crippen LogP contribution in [0.25, 0.3) is 21.8 Å². The number of furan rings is 1. The van der Waals surface area contributed by atoms with Gasteiger partial charge in [-0.15, -0.1) is 0 Å². The highest BCUT2D eigenvalue weighted by Crippen LogP contribution is 2.40. The number of aromatic amines is 2. The van der Waals surface area contributed by atoms with Gasteiger partial charge in [0.25, 0.3) is 0 Å². The molecule has 3 heterocycles. The van der Waals surface area contributed by atoms with Crippen molar-refractivity contribution in [3.05, 3.63) is 83.1 Å². The Labute approximate surface area is 188 Å². The van der Waals surface area contributed by atoms with Gasteiger partial charge >= 0.3 is 0 Å². The molecule has 5 aromatic rings. The first-order chi connectivity index (χ1) is 15.3. The predicted octanol–water partition coefficient (Wildman–Crippen LogP) is 6.17. The molecule has 5 rings (SSSR count). The van der Waals surface area contributed by atoms with Crippen LogP contribution in [0.5, 0.6) is 0 Å². The topological polar surface area (TPSA) is 51.2 Å². The van der Waals surface area contributed by atoms with E-state index in [9.17, 15) is 0 Å². The average Bonchev–Trinajstić information content (AvgIpc) is 3.48. The van der Waals surface area contributed by atoms with Gasteiger partial charge in [-0.3, -0.25) is 0 Å². The van der Waals surface area contributed by atoms with Crippen LogP contribution >= 0.6 is 0 Å². The van der Waals surface area contributed by atoms with Crippen LogP contribution in [0.4, 0.5) is 11.4 Å². The minimum atomic E-state index is -0.0459. The second-order valence-corrected chi connectivity index (χ2v) is 9.02. The fraction of sp³-hybridized carbons (Fsp3) is 0.259.